The van der Waals surface area contributed by atoms with Crippen LogP contribution in [0.2, 0.25) is 5.02 Å². The molecule has 3 aromatic rings. The van der Waals surface area contributed by atoms with Gasteiger partial charge in [-0.2, -0.15) is 4.98 Å². The number of fused-ring (bicyclic) bond motifs is 1. The van der Waals surface area contributed by atoms with Crippen LogP contribution in [0.5, 0.6) is 11.5 Å². The van der Waals surface area contributed by atoms with Gasteiger partial charge >= 0.3 is 5.97 Å². The first-order chi connectivity index (χ1) is 17.5. The van der Waals surface area contributed by atoms with E-state index < -0.39 is 12.0 Å². The minimum atomic E-state index is -0.546. The Morgan fingerprint density at radius 1 is 1.11 bits per heavy atom. The van der Waals surface area contributed by atoms with E-state index in [1.165, 1.54) is 11.8 Å². The second kappa shape index (κ2) is 11.7. The Kier molecular flexibility index (Phi) is 8.43. The topological polar surface area (TPSA) is 87.5 Å². The highest BCUT2D eigenvalue weighted by atomic mass is 35.5. The van der Waals surface area contributed by atoms with Crippen LogP contribution in [0, 0.1) is 0 Å². The first-order valence-electron chi connectivity index (χ1n) is 11.8. The van der Waals surface area contributed by atoms with Crippen molar-refractivity contribution in [2.24, 2.45) is 0 Å². The summed E-state index contributed by atoms with van der Waals surface area (Å²) in [6.07, 6.45) is 0. The fourth-order valence-electron chi connectivity index (χ4n) is 3.96. The maximum Gasteiger partial charge on any atom is 0.338 e. The molecule has 0 amide bonds. The van der Waals surface area contributed by atoms with Gasteiger partial charge in [0.05, 0.1) is 18.8 Å². The molecule has 10 heteroatoms. The van der Waals surface area contributed by atoms with E-state index in [-0.39, 0.29) is 6.61 Å². The number of nitrogens with one attached hydrogen (secondary N) is 1. The highest BCUT2D eigenvalue weighted by molar-refractivity contribution is 7.99. The van der Waals surface area contributed by atoms with Crippen LogP contribution < -0.4 is 14.8 Å². The van der Waals surface area contributed by atoms with E-state index in [4.69, 9.17) is 25.8 Å². The fourth-order valence-corrected chi connectivity index (χ4v) is 4.70. The smallest absolute Gasteiger partial charge is 0.338 e. The number of benzene rings is 2. The molecule has 8 nitrogen and oxygen atoms in total. The molecule has 0 bridgehead atoms. The van der Waals surface area contributed by atoms with Gasteiger partial charge in [-0.25, -0.2) is 9.48 Å². The molecule has 2 aromatic carbocycles. The number of allylic oxidation sites excluding steroid dienone is 1. The summed E-state index contributed by atoms with van der Waals surface area (Å²) in [7, 11) is 0. The summed E-state index contributed by atoms with van der Waals surface area (Å²) in [6.45, 7) is 8.59. The first-order valence-corrected chi connectivity index (χ1v) is 13.2. The molecule has 4 rings (SSSR count). The van der Waals surface area contributed by atoms with Crippen LogP contribution in [0.25, 0.3) is 0 Å². The highest BCUT2D eigenvalue weighted by Crippen LogP contribution is 2.40. The predicted molar refractivity (Wildman–Crippen MR) is 141 cm³/mol. The summed E-state index contributed by atoms with van der Waals surface area (Å²) >= 11 is 7.83. The van der Waals surface area contributed by atoms with Gasteiger partial charge in [0.25, 0.3) is 0 Å². The molecule has 2 heterocycles. The molecular weight excluding hydrogens is 500 g/mol. The third kappa shape index (κ3) is 5.47. The lowest BCUT2D eigenvalue weighted by Crippen LogP contribution is -2.29. The number of ether oxygens (including phenoxy) is 3. The Balaban J connectivity index is 1.74. The third-order valence-corrected chi connectivity index (χ3v) is 6.61. The average molecular weight is 529 g/mol. The number of nitrogens with zero attached hydrogens (tertiary/aromatic N) is 3. The zero-order valence-corrected chi connectivity index (χ0v) is 22.3. The zero-order chi connectivity index (χ0) is 25.7. The van der Waals surface area contributed by atoms with Gasteiger partial charge in [-0.3, -0.25) is 0 Å². The summed E-state index contributed by atoms with van der Waals surface area (Å²) in [5.74, 6) is 2.13. The maximum absolute atomic E-state index is 13.0. The number of rotatable bonds is 10. The summed E-state index contributed by atoms with van der Waals surface area (Å²) in [5, 5.41) is 9.17. The number of esters is 1. The van der Waals surface area contributed by atoms with E-state index in [1.807, 2.05) is 63.2 Å². The lowest BCUT2D eigenvalue weighted by Gasteiger charge is -2.28. The second-order valence-corrected chi connectivity index (χ2v) is 9.54. The number of aromatic nitrogens is 3. The molecule has 1 aliphatic rings. The van der Waals surface area contributed by atoms with E-state index in [9.17, 15) is 4.79 Å². The number of carbonyl (C=O) groups is 1. The quantitative estimate of drug-likeness (QED) is 0.258. The lowest BCUT2D eigenvalue weighted by atomic mass is 9.95. The minimum Gasteiger partial charge on any atom is -0.490 e. The van der Waals surface area contributed by atoms with Crippen molar-refractivity contribution in [3.8, 4) is 11.5 Å². The normalized spacial score (nSPS) is 14.8. The van der Waals surface area contributed by atoms with Crippen molar-refractivity contribution in [1.29, 1.82) is 0 Å². The van der Waals surface area contributed by atoms with Gasteiger partial charge in [-0.1, -0.05) is 54.6 Å². The maximum atomic E-state index is 13.0. The van der Waals surface area contributed by atoms with Gasteiger partial charge < -0.3 is 19.5 Å². The number of thioether (sulfide) groups is 1. The SMILES string of the molecule is CCOC(=O)C1=C(C)Nc2nc(SCC)nn2C1c1ccc(OCc2ccccc2Cl)c(OCC)c1. The Morgan fingerprint density at radius 3 is 2.64 bits per heavy atom. The Morgan fingerprint density at radius 2 is 1.92 bits per heavy atom. The zero-order valence-electron chi connectivity index (χ0n) is 20.7. The van der Waals surface area contributed by atoms with Crippen LogP contribution in [-0.4, -0.2) is 39.7 Å². The van der Waals surface area contributed by atoms with Crippen LogP contribution in [0.15, 0.2) is 58.9 Å². The monoisotopic (exact) mass is 528 g/mol. The molecule has 1 N–H and O–H groups in total. The molecule has 1 aromatic heterocycles. The third-order valence-electron chi connectivity index (χ3n) is 5.53. The van der Waals surface area contributed by atoms with Crippen LogP contribution in [0.3, 0.4) is 0 Å². The fraction of sp³-hybridized carbons (Fsp3) is 0.346. The molecule has 190 valence electrons. The van der Waals surface area contributed by atoms with E-state index >= 15 is 0 Å². The summed E-state index contributed by atoms with van der Waals surface area (Å²) < 4.78 is 19.1. The molecule has 0 aliphatic carbocycles. The average Bonchev–Trinajstić information content (AvgIpc) is 3.25. The van der Waals surface area contributed by atoms with Gasteiger partial charge in [0.15, 0.2) is 11.5 Å². The van der Waals surface area contributed by atoms with Crippen molar-refractivity contribution in [3.63, 3.8) is 0 Å². The van der Waals surface area contributed by atoms with Crippen molar-refractivity contribution in [2.75, 3.05) is 24.3 Å². The lowest BCUT2D eigenvalue weighted by molar-refractivity contribution is -0.139. The molecule has 0 radical (unpaired) electrons. The molecule has 0 fully saturated rings. The van der Waals surface area contributed by atoms with Gasteiger partial charge in [0.2, 0.25) is 11.1 Å². The molecule has 1 aliphatic heterocycles. The number of halogens is 1. The molecule has 0 saturated carbocycles. The van der Waals surface area contributed by atoms with E-state index in [0.717, 1.165) is 16.9 Å². The Bertz CT molecular complexity index is 1280. The van der Waals surface area contributed by atoms with Gasteiger partial charge in [0.1, 0.15) is 12.6 Å². The van der Waals surface area contributed by atoms with Crippen molar-refractivity contribution in [2.45, 2.75) is 45.5 Å². The molecule has 0 spiro atoms. The summed E-state index contributed by atoms with van der Waals surface area (Å²) in [6, 6.07) is 12.6. The van der Waals surface area contributed by atoms with E-state index in [1.54, 1.807) is 11.6 Å². The van der Waals surface area contributed by atoms with Gasteiger partial charge in [0, 0.05) is 16.3 Å². The molecule has 36 heavy (non-hydrogen) atoms. The van der Waals surface area contributed by atoms with Crippen LogP contribution >= 0.6 is 23.4 Å². The summed E-state index contributed by atoms with van der Waals surface area (Å²) in [4.78, 5) is 17.7. The number of hydrogen-bond donors (Lipinski definition) is 1. The van der Waals surface area contributed by atoms with Crippen LogP contribution in [0.1, 0.15) is 44.9 Å². The Hall–Kier alpha value is -3.17. The van der Waals surface area contributed by atoms with Crippen LogP contribution in [-0.2, 0) is 16.1 Å². The van der Waals surface area contributed by atoms with Crippen molar-refractivity contribution in [3.05, 3.63) is 69.9 Å². The highest BCUT2D eigenvalue weighted by Gasteiger charge is 2.35. The standard InChI is InChI=1S/C26H29ClN4O4S/c1-5-33-21-14-17(12-13-20(21)35-15-18-10-8-9-11-19(18)27)23-22(24(32)34-6-2)16(4)28-25-29-26(36-7-3)30-31(23)25/h8-14,23H,5-7,15H2,1-4H3,(H,28,29,30). The van der Waals surface area contributed by atoms with E-state index in [0.29, 0.717) is 52.1 Å². The van der Waals surface area contributed by atoms with Crippen molar-refractivity contribution >= 4 is 35.3 Å². The molecular formula is C26H29ClN4O4S. The van der Waals surface area contributed by atoms with E-state index in [2.05, 4.69) is 15.4 Å². The van der Waals surface area contributed by atoms with Crippen LogP contribution in [0.4, 0.5) is 5.95 Å². The number of anilines is 1. The number of carbonyl (C=O) groups excluding carboxylic acids is 1. The van der Waals surface area contributed by atoms with Crippen molar-refractivity contribution < 1.29 is 19.0 Å². The van der Waals surface area contributed by atoms with Gasteiger partial charge in [-0.05, 0) is 50.3 Å². The van der Waals surface area contributed by atoms with Gasteiger partial charge in [-0.15, -0.1) is 5.10 Å². The molecule has 1 unspecified atom stereocenters. The summed E-state index contributed by atoms with van der Waals surface area (Å²) in [5.41, 5.74) is 2.81. The minimum absolute atomic E-state index is 0.266. The predicted octanol–water partition coefficient (Wildman–Crippen LogP) is 5.87. The second-order valence-electron chi connectivity index (χ2n) is 7.90. The van der Waals surface area contributed by atoms with Crippen molar-refractivity contribution in [1.82, 2.24) is 14.8 Å². The first kappa shape index (κ1) is 25.9. The largest absolute Gasteiger partial charge is 0.490 e. The Labute approximate surface area is 220 Å². The molecule has 1 atom stereocenters. The number of hydrogen-bond acceptors (Lipinski definition) is 8. The molecule has 0 saturated heterocycles.